The van der Waals surface area contributed by atoms with Gasteiger partial charge in [0.15, 0.2) is 11.5 Å². The number of thioether (sulfide) groups is 1. The topological polar surface area (TPSA) is 47.6 Å². The molecule has 1 heterocycles. The molecule has 0 saturated heterocycles. The van der Waals surface area contributed by atoms with E-state index in [4.69, 9.17) is 21.1 Å². The van der Waals surface area contributed by atoms with Crippen molar-refractivity contribution in [2.45, 2.75) is 5.75 Å². The largest absolute Gasteiger partial charge is 0.486 e. The number of hydrogen-bond acceptors (Lipinski definition) is 4. The van der Waals surface area contributed by atoms with Crippen LogP contribution in [0.3, 0.4) is 0 Å². The number of nitrogens with one attached hydrogen (secondary N) is 1. The Hall–Kier alpha value is -1.85. The molecule has 0 bridgehead atoms. The Morgan fingerprint density at radius 3 is 2.78 bits per heavy atom. The van der Waals surface area contributed by atoms with Crippen molar-refractivity contribution in [3.05, 3.63) is 53.1 Å². The first-order valence-corrected chi connectivity index (χ1v) is 8.76. The van der Waals surface area contributed by atoms with Gasteiger partial charge in [0, 0.05) is 11.4 Å². The van der Waals surface area contributed by atoms with Gasteiger partial charge in [0.2, 0.25) is 5.91 Å². The molecule has 0 unspecified atom stereocenters. The molecule has 4 nitrogen and oxygen atoms in total. The number of ether oxygens (including phenoxy) is 2. The number of halogens is 1. The predicted octanol–water partition coefficient (Wildman–Crippen LogP) is 3.98. The summed E-state index contributed by atoms with van der Waals surface area (Å²) in [5.74, 6) is 2.31. The van der Waals surface area contributed by atoms with E-state index in [2.05, 4.69) is 5.32 Å². The molecular weight excluding hydrogens is 334 g/mol. The zero-order valence-corrected chi connectivity index (χ0v) is 14.0. The Labute approximate surface area is 144 Å². The van der Waals surface area contributed by atoms with Crippen LogP contribution < -0.4 is 14.8 Å². The highest BCUT2D eigenvalue weighted by Crippen LogP contribution is 2.39. The van der Waals surface area contributed by atoms with E-state index >= 15 is 0 Å². The lowest BCUT2D eigenvalue weighted by molar-refractivity contribution is -0.113. The number of amides is 1. The minimum Gasteiger partial charge on any atom is -0.486 e. The van der Waals surface area contributed by atoms with Gasteiger partial charge in [-0.1, -0.05) is 29.8 Å². The average molecular weight is 350 g/mol. The monoisotopic (exact) mass is 349 g/mol. The molecule has 23 heavy (non-hydrogen) atoms. The first-order valence-electron chi connectivity index (χ1n) is 7.23. The molecular formula is C17H16ClNO3S. The summed E-state index contributed by atoms with van der Waals surface area (Å²) in [6, 6.07) is 13.2. The number of anilines is 1. The highest BCUT2D eigenvalue weighted by molar-refractivity contribution is 7.99. The molecule has 1 N–H and O–H groups in total. The van der Waals surface area contributed by atoms with Crippen LogP contribution in [0.15, 0.2) is 42.5 Å². The van der Waals surface area contributed by atoms with Crippen LogP contribution in [-0.2, 0) is 10.5 Å². The summed E-state index contributed by atoms with van der Waals surface area (Å²) in [4.78, 5) is 11.9. The number of carbonyl (C=O) groups is 1. The summed E-state index contributed by atoms with van der Waals surface area (Å²) in [6.45, 7) is 1.04. The predicted molar refractivity (Wildman–Crippen MR) is 93.7 cm³/mol. The van der Waals surface area contributed by atoms with Crippen molar-refractivity contribution in [1.29, 1.82) is 0 Å². The molecule has 0 aromatic heterocycles. The van der Waals surface area contributed by atoms with Crippen LogP contribution in [0.25, 0.3) is 0 Å². The molecule has 120 valence electrons. The Bertz CT molecular complexity index is 694. The molecule has 0 saturated carbocycles. The number of fused-ring (bicyclic) bond motifs is 1. The second-order valence-electron chi connectivity index (χ2n) is 5.01. The molecule has 2 aromatic rings. The van der Waals surface area contributed by atoms with E-state index < -0.39 is 0 Å². The van der Waals surface area contributed by atoms with E-state index in [0.717, 1.165) is 11.3 Å². The number of para-hydroxylation sites is 1. The summed E-state index contributed by atoms with van der Waals surface area (Å²) in [5, 5.41) is 3.41. The fourth-order valence-corrected chi connectivity index (χ4v) is 3.28. The van der Waals surface area contributed by atoms with Gasteiger partial charge >= 0.3 is 0 Å². The average Bonchev–Trinajstić information content (AvgIpc) is 2.56. The van der Waals surface area contributed by atoms with E-state index in [9.17, 15) is 4.79 Å². The lowest BCUT2D eigenvalue weighted by atomic mass is 10.2. The second kappa shape index (κ2) is 7.62. The van der Waals surface area contributed by atoms with Crippen molar-refractivity contribution in [3.8, 4) is 11.5 Å². The molecule has 0 radical (unpaired) electrons. The highest BCUT2D eigenvalue weighted by atomic mass is 35.5. The molecule has 2 aromatic carbocycles. The summed E-state index contributed by atoms with van der Waals surface area (Å²) >= 11 is 7.73. The molecule has 0 atom stereocenters. The normalized spacial score (nSPS) is 12.7. The number of rotatable bonds is 5. The van der Waals surface area contributed by atoms with E-state index in [0.29, 0.717) is 41.2 Å². The van der Waals surface area contributed by atoms with Crippen molar-refractivity contribution < 1.29 is 14.3 Å². The fourth-order valence-electron chi connectivity index (χ4n) is 2.23. The molecule has 0 spiro atoms. The van der Waals surface area contributed by atoms with Gasteiger partial charge < -0.3 is 14.8 Å². The third-order valence-electron chi connectivity index (χ3n) is 3.22. The van der Waals surface area contributed by atoms with E-state index in [1.165, 1.54) is 11.8 Å². The van der Waals surface area contributed by atoms with E-state index in [1.807, 2.05) is 42.5 Å². The van der Waals surface area contributed by atoms with Crippen LogP contribution in [0.2, 0.25) is 5.02 Å². The van der Waals surface area contributed by atoms with Crippen LogP contribution in [0.5, 0.6) is 11.5 Å². The maximum Gasteiger partial charge on any atom is 0.234 e. The van der Waals surface area contributed by atoms with Crippen molar-refractivity contribution in [1.82, 2.24) is 0 Å². The van der Waals surface area contributed by atoms with Gasteiger partial charge in [0.25, 0.3) is 0 Å². The van der Waals surface area contributed by atoms with Crippen molar-refractivity contribution in [3.63, 3.8) is 0 Å². The Morgan fingerprint density at radius 2 is 1.96 bits per heavy atom. The van der Waals surface area contributed by atoms with Crippen LogP contribution in [0, 0.1) is 0 Å². The Balaban J connectivity index is 1.52. The zero-order chi connectivity index (χ0) is 16.1. The summed E-state index contributed by atoms with van der Waals surface area (Å²) < 4.78 is 11.0. The highest BCUT2D eigenvalue weighted by Gasteiger charge is 2.16. The van der Waals surface area contributed by atoms with Gasteiger partial charge in [-0.3, -0.25) is 4.79 Å². The van der Waals surface area contributed by atoms with Gasteiger partial charge in [-0.05, 0) is 29.8 Å². The maximum absolute atomic E-state index is 11.9. The quantitative estimate of drug-likeness (QED) is 0.886. The van der Waals surface area contributed by atoms with Crippen LogP contribution in [-0.4, -0.2) is 24.9 Å². The number of benzene rings is 2. The van der Waals surface area contributed by atoms with Crippen molar-refractivity contribution in [2.75, 3.05) is 24.3 Å². The maximum atomic E-state index is 11.9. The fraction of sp³-hybridized carbons (Fsp3) is 0.235. The standard InChI is InChI=1S/C17H16ClNO3S/c18-14-8-12(9-15-17(14)22-7-6-21-15)10-23-11-16(20)19-13-4-2-1-3-5-13/h1-5,8-9H,6-7,10-11H2,(H,19,20). The van der Waals surface area contributed by atoms with Crippen molar-refractivity contribution in [2.24, 2.45) is 0 Å². The molecule has 0 aliphatic carbocycles. The molecule has 6 heteroatoms. The summed E-state index contributed by atoms with van der Waals surface area (Å²) in [5.41, 5.74) is 1.82. The molecule has 1 aliphatic rings. The Morgan fingerprint density at radius 1 is 1.17 bits per heavy atom. The first-order chi connectivity index (χ1) is 11.2. The number of hydrogen-bond donors (Lipinski definition) is 1. The van der Waals surface area contributed by atoms with Gasteiger partial charge in [-0.25, -0.2) is 0 Å². The minimum atomic E-state index is -0.0233. The van der Waals surface area contributed by atoms with E-state index in [-0.39, 0.29) is 5.91 Å². The first kappa shape index (κ1) is 16.0. The van der Waals surface area contributed by atoms with Gasteiger partial charge in [0.05, 0.1) is 10.8 Å². The lowest BCUT2D eigenvalue weighted by Gasteiger charge is -2.20. The van der Waals surface area contributed by atoms with Gasteiger partial charge in [-0.2, -0.15) is 0 Å². The lowest BCUT2D eigenvalue weighted by Crippen LogP contribution is -2.16. The minimum absolute atomic E-state index is 0.0233. The third-order valence-corrected chi connectivity index (χ3v) is 4.50. The molecule has 0 fully saturated rings. The number of carbonyl (C=O) groups excluding carboxylic acids is 1. The van der Waals surface area contributed by atoms with Crippen molar-refractivity contribution >= 4 is 35.0 Å². The molecule has 1 amide bonds. The second-order valence-corrected chi connectivity index (χ2v) is 6.40. The van der Waals surface area contributed by atoms with Gasteiger partial charge in [-0.15, -0.1) is 11.8 Å². The summed E-state index contributed by atoms with van der Waals surface area (Å²) in [7, 11) is 0. The SMILES string of the molecule is O=C(CSCc1cc(Cl)c2c(c1)OCCO2)Nc1ccccc1. The van der Waals surface area contributed by atoms with Crippen LogP contribution >= 0.6 is 23.4 Å². The summed E-state index contributed by atoms with van der Waals surface area (Å²) in [6.07, 6.45) is 0. The zero-order valence-electron chi connectivity index (χ0n) is 12.4. The van der Waals surface area contributed by atoms with Crippen LogP contribution in [0.1, 0.15) is 5.56 Å². The molecule has 3 rings (SSSR count). The smallest absolute Gasteiger partial charge is 0.234 e. The Kier molecular flexibility index (Phi) is 5.31. The van der Waals surface area contributed by atoms with Crippen LogP contribution in [0.4, 0.5) is 5.69 Å². The van der Waals surface area contributed by atoms with Gasteiger partial charge in [0.1, 0.15) is 13.2 Å². The molecule has 1 aliphatic heterocycles. The third kappa shape index (κ3) is 4.33. The van der Waals surface area contributed by atoms with E-state index in [1.54, 1.807) is 0 Å².